The first kappa shape index (κ1) is 20.4. The molecular formula is C21H20F2N2O4. The van der Waals surface area contributed by atoms with Gasteiger partial charge in [0.1, 0.15) is 11.6 Å². The summed E-state index contributed by atoms with van der Waals surface area (Å²) in [6.07, 6.45) is -0.0135. The summed E-state index contributed by atoms with van der Waals surface area (Å²) in [4.78, 5) is 38.1. The van der Waals surface area contributed by atoms with Crippen molar-refractivity contribution in [2.75, 3.05) is 23.4 Å². The summed E-state index contributed by atoms with van der Waals surface area (Å²) in [6, 6.07) is 8.30. The van der Waals surface area contributed by atoms with E-state index in [1.54, 1.807) is 4.90 Å². The van der Waals surface area contributed by atoms with Crippen molar-refractivity contribution in [2.24, 2.45) is 5.92 Å². The molecule has 1 N–H and O–H groups in total. The van der Waals surface area contributed by atoms with Crippen LogP contribution in [0.5, 0.6) is 0 Å². The quantitative estimate of drug-likeness (QED) is 0.780. The van der Waals surface area contributed by atoms with Crippen LogP contribution in [0.3, 0.4) is 0 Å². The maximum absolute atomic E-state index is 13.6. The van der Waals surface area contributed by atoms with Crippen molar-refractivity contribution >= 4 is 29.2 Å². The summed E-state index contributed by atoms with van der Waals surface area (Å²) in [5.74, 6) is -4.04. The zero-order valence-corrected chi connectivity index (χ0v) is 16.0. The number of aryl methyl sites for hydroxylation is 1. The molecule has 0 radical (unpaired) electrons. The monoisotopic (exact) mass is 402 g/mol. The zero-order chi connectivity index (χ0) is 21.1. The van der Waals surface area contributed by atoms with E-state index in [9.17, 15) is 23.2 Å². The number of esters is 1. The van der Waals surface area contributed by atoms with Crippen LogP contribution in [0.2, 0.25) is 0 Å². The van der Waals surface area contributed by atoms with Crippen LogP contribution in [0.25, 0.3) is 0 Å². The Labute approximate surface area is 166 Å². The topological polar surface area (TPSA) is 75.7 Å². The minimum atomic E-state index is -0.935. The summed E-state index contributed by atoms with van der Waals surface area (Å²) >= 11 is 0. The van der Waals surface area contributed by atoms with Crippen LogP contribution in [0, 0.1) is 31.4 Å². The maximum atomic E-state index is 13.6. The molecule has 6 nitrogen and oxygen atoms in total. The molecule has 8 heteroatoms. The number of halogens is 2. The molecule has 0 aromatic heterocycles. The second-order valence-electron chi connectivity index (χ2n) is 6.90. The largest absolute Gasteiger partial charge is 0.455 e. The molecule has 0 saturated carbocycles. The van der Waals surface area contributed by atoms with E-state index in [-0.39, 0.29) is 24.6 Å². The Hall–Kier alpha value is -3.29. The molecule has 2 aromatic carbocycles. The van der Waals surface area contributed by atoms with Crippen LogP contribution in [0.1, 0.15) is 17.5 Å². The lowest BCUT2D eigenvalue weighted by molar-refractivity contribution is -0.151. The van der Waals surface area contributed by atoms with Crippen LogP contribution >= 0.6 is 0 Å². The molecular weight excluding hydrogens is 382 g/mol. The summed E-state index contributed by atoms with van der Waals surface area (Å²) in [5, 5.41) is 2.21. The van der Waals surface area contributed by atoms with Crippen LogP contribution in [-0.2, 0) is 19.1 Å². The van der Waals surface area contributed by atoms with Crippen molar-refractivity contribution in [3.05, 3.63) is 59.2 Å². The van der Waals surface area contributed by atoms with Gasteiger partial charge in [0.05, 0.1) is 11.6 Å². The van der Waals surface area contributed by atoms with Gasteiger partial charge in [-0.2, -0.15) is 0 Å². The highest BCUT2D eigenvalue weighted by molar-refractivity contribution is 6.00. The molecule has 0 bridgehead atoms. The van der Waals surface area contributed by atoms with Gasteiger partial charge in [-0.05, 0) is 43.2 Å². The van der Waals surface area contributed by atoms with Crippen LogP contribution in [-0.4, -0.2) is 30.9 Å². The number of ether oxygens (including phenoxy) is 1. The third-order valence-electron chi connectivity index (χ3n) is 4.88. The number of carbonyl (C=O) groups is 3. The number of anilines is 2. The predicted molar refractivity (Wildman–Crippen MR) is 102 cm³/mol. The van der Waals surface area contributed by atoms with Crippen molar-refractivity contribution in [1.29, 1.82) is 0 Å². The fourth-order valence-electron chi connectivity index (χ4n) is 3.16. The highest BCUT2D eigenvalue weighted by Gasteiger charge is 2.37. The molecule has 1 aliphatic rings. The number of benzene rings is 2. The summed E-state index contributed by atoms with van der Waals surface area (Å²) < 4.78 is 31.4. The summed E-state index contributed by atoms with van der Waals surface area (Å²) in [5.41, 5.74) is 2.51. The first-order valence-corrected chi connectivity index (χ1v) is 9.04. The standard InChI is InChI=1S/C21H20F2N2O4/c1-12-4-3-5-18(13(12)2)25-10-14(8-20(25)27)21(28)29-11-19(26)24-17-7-6-15(22)9-16(17)23/h3-7,9,14H,8,10-11H2,1-2H3,(H,24,26)/t14-/m1/s1. The predicted octanol–water partition coefficient (Wildman–Crippen LogP) is 3.12. The van der Waals surface area contributed by atoms with Crippen molar-refractivity contribution in [1.82, 2.24) is 0 Å². The fourth-order valence-corrected chi connectivity index (χ4v) is 3.16. The van der Waals surface area contributed by atoms with Crippen LogP contribution < -0.4 is 10.2 Å². The molecule has 2 aromatic rings. The normalized spacial score (nSPS) is 16.1. The molecule has 0 unspecified atom stereocenters. The average Bonchev–Trinajstić information content (AvgIpc) is 3.06. The van der Waals surface area contributed by atoms with Crippen LogP contribution in [0.4, 0.5) is 20.2 Å². The third kappa shape index (κ3) is 4.59. The van der Waals surface area contributed by atoms with Crippen molar-refractivity contribution < 1.29 is 27.9 Å². The molecule has 0 spiro atoms. The van der Waals surface area contributed by atoms with E-state index in [1.165, 1.54) is 0 Å². The highest BCUT2D eigenvalue weighted by atomic mass is 19.1. The number of rotatable bonds is 5. The number of nitrogens with zero attached hydrogens (tertiary/aromatic N) is 1. The lowest BCUT2D eigenvalue weighted by atomic mass is 10.1. The minimum Gasteiger partial charge on any atom is -0.455 e. The number of nitrogens with one attached hydrogen (secondary N) is 1. The number of amides is 2. The van der Waals surface area contributed by atoms with Gasteiger partial charge < -0.3 is 15.0 Å². The van der Waals surface area contributed by atoms with E-state index in [0.29, 0.717) is 6.07 Å². The Bertz CT molecular complexity index is 977. The molecule has 1 aliphatic heterocycles. The smallest absolute Gasteiger partial charge is 0.311 e. The van der Waals surface area contributed by atoms with E-state index in [4.69, 9.17) is 4.74 Å². The van der Waals surface area contributed by atoms with Gasteiger partial charge in [-0.3, -0.25) is 14.4 Å². The lowest BCUT2D eigenvalue weighted by Gasteiger charge is -2.20. The number of carbonyl (C=O) groups excluding carboxylic acids is 3. The maximum Gasteiger partial charge on any atom is 0.311 e. The zero-order valence-electron chi connectivity index (χ0n) is 16.0. The molecule has 152 valence electrons. The van der Waals surface area contributed by atoms with Gasteiger partial charge >= 0.3 is 5.97 Å². The lowest BCUT2D eigenvalue weighted by Crippen LogP contribution is -2.28. The summed E-state index contributed by atoms with van der Waals surface area (Å²) in [6.45, 7) is 3.37. The highest BCUT2D eigenvalue weighted by Crippen LogP contribution is 2.29. The minimum absolute atomic E-state index is 0.0135. The van der Waals surface area contributed by atoms with E-state index in [0.717, 1.165) is 28.9 Å². The second kappa shape index (κ2) is 8.38. The molecule has 0 aliphatic carbocycles. The Morgan fingerprint density at radius 2 is 1.97 bits per heavy atom. The Morgan fingerprint density at radius 1 is 1.21 bits per heavy atom. The van der Waals surface area contributed by atoms with Crippen molar-refractivity contribution in [2.45, 2.75) is 20.3 Å². The van der Waals surface area contributed by atoms with Crippen molar-refractivity contribution in [3.8, 4) is 0 Å². The van der Waals surface area contributed by atoms with E-state index in [1.807, 2.05) is 32.0 Å². The van der Waals surface area contributed by atoms with Gasteiger partial charge in [-0.1, -0.05) is 12.1 Å². The third-order valence-corrected chi connectivity index (χ3v) is 4.88. The van der Waals surface area contributed by atoms with E-state index in [2.05, 4.69) is 5.32 Å². The second-order valence-corrected chi connectivity index (χ2v) is 6.90. The van der Waals surface area contributed by atoms with Gasteiger partial charge in [-0.25, -0.2) is 8.78 Å². The molecule has 29 heavy (non-hydrogen) atoms. The SMILES string of the molecule is Cc1cccc(N2C[C@H](C(=O)OCC(=O)Nc3ccc(F)cc3F)CC2=O)c1C. The van der Waals surface area contributed by atoms with Gasteiger partial charge in [0, 0.05) is 24.7 Å². The molecule has 2 amide bonds. The Balaban J connectivity index is 1.56. The summed E-state index contributed by atoms with van der Waals surface area (Å²) in [7, 11) is 0. The molecule has 1 heterocycles. The Kier molecular flexibility index (Phi) is 5.91. The molecule has 1 atom stereocenters. The number of hydrogen-bond acceptors (Lipinski definition) is 4. The van der Waals surface area contributed by atoms with Crippen LogP contribution in [0.15, 0.2) is 36.4 Å². The van der Waals surface area contributed by atoms with Gasteiger partial charge in [0.15, 0.2) is 6.61 Å². The number of hydrogen-bond donors (Lipinski definition) is 1. The van der Waals surface area contributed by atoms with E-state index < -0.39 is 36.0 Å². The molecule has 1 fully saturated rings. The van der Waals surface area contributed by atoms with Gasteiger partial charge in [0.25, 0.3) is 5.91 Å². The molecule has 1 saturated heterocycles. The average molecular weight is 402 g/mol. The fraction of sp³-hybridized carbons (Fsp3) is 0.286. The van der Waals surface area contributed by atoms with E-state index >= 15 is 0 Å². The Morgan fingerprint density at radius 3 is 2.69 bits per heavy atom. The van der Waals surface area contributed by atoms with Crippen molar-refractivity contribution in [3.63, 3.8) is 0 Å². The molecule has 3 rings (SSSR count). The first-order chi connectivity index (χ1) is 13.8. The van der Waals surface area contributed by atoms with Gasteiger partial charge in [-0.15, -0.1) is 0 Å². The first-order valence-electron chi connectivity index (χ1n) is 9.04. The van der Waals surface area contributed by atoms with Gasteiger partial charge in [0.2, 0.25) is 5.91 Å².